The maximum atomic E-state index is 12.4. The number of amidine groups is 1. The number of carbonyl (C=O) groups excluding carboxylic acids is 1. The van der Waals surface area contributed by atoms with E-state index in [0.717, 1.165) is 13.0 Å². The molecule has 2 atom stereocenters. The van der Waals surface area contributed by atoms with E-state index >= 15 is 0 Å². The van der Waals surface area contributed by atoms with Crippen LogP contribution in [0.1, 0.15) is 33.1 Å². The molecule has 1 saturated heterocycles. The van der Waals surface area contributed by atoms with Crippen molar-refractivity contribution in [3.8, 4) is 0 Å². The summed E-state index contributed by atoms with van der Waals surface area (Å²) in [6.45, 7) is 5.49. The van der Waals surface area contributed by atoms with E-state index in [4.69, 9.17) is 15.7 Å². The van der Waals surface area contributed by atoms with Crippen LogP contribution >= 0.6 is 0 Å². The van der Waals surface area contributed by atoms with E-state index in [1.165, 1.54) is 0 Å². The Morgan fingerprint density at radius 2 is 2.26 bits per heavy atom. The topological polar surface area (TPSA) is 96.9 Å². The molecule has 4 N–H and O–H groups in total. The first-order chi connectivity index (χ1) is 8.99. The van der Waals surface area contributed by atoms with Gasteiger partial charge in [0.15, 0.2) is 5.84 Å². The second kappa shape index (κ2) is 5.36. The molecule has 1 amide bonds. The summed E-state index contributed by atoms with van der Waals surface area (Å²) in [5, 5.41) is 14.9. The van der Waals surface area contributed by atoms with Crippen molar-refractivity contribution in [2.75, 3.05) is 13.2 Å². The van der Waals surface area contributed by atoms with E-state index in [1.54, 1.807) is 0 Å². The normalized spacial score (nSPS) is 36.6. The third kappa shape index (κ3) is 2.54. The zero-order valence-corrected chi connectivity index (χ0v) is 11.6. The van der Waals surface area contributed by atoms with Crippen LogP contribution in [0.15, 0.2) is 5.16 Å². The number of amides is 1. The lowest BCUT2D eigenvalue weighted by molar-refractivity contribution is -0.134. The fourth-order valence-corrected chi connectivity index (χ4v) is 3.15. The zero-order chi connectivity index (χ0) is 14.0. The summed E-state index contributed by atoms with van der Waals surface area (Å²) < 4.78 is 5.33. The lowest BCUT2D eigenvalue weighted by atomic mass is 9.61. The van der Waals surface area contributed by atoms with Crippen molar-refractivity contribution in [2.45, 2.75) is 39.2 Å². The average Bonchev–Trinajstić information content (AvgIpc) is 2.87. The monoisotopic (exact) mass is 269 g/mol. The first-order valence-electron chi connectivity index (χ1n) is 6.86. The molecular formula is C13H23N3O3. The number of rotatable bonds is 4. The van der Waals surface area contributed by atoms with Crippen LogP contribution in [0.5, 0.6) is 0 Å². The minimum Gasteiger partial charge on any atom is -0.409 e. The highest BCUT2D eigenvalue weighted by molar-refractivity contribution is 6.07. The number of nitrogens with one attached hydrogen (secondary N) is 1. The smallest absolute Gasteiger partial charge is 0.234 e. The number of nitrogens with zero attached hydrogens (tertiary/aromatic N) is 1. The minimum absolute atomic E-state index is 0.0259. The van der Waals surface area contributed by atoms with Crippen molar-refractivity contribution >= 4 is 11.7 Å². The van der Waals surface area contributed by atoms with Gasteiger partial charge in [0, 0.05) is 18.6 Å². The van der Waals surface area contributed by atoms with Crippen LogP contribution in [0.3, 0.4) is 0 Å². The Kier molecular flexibility index (Phi) is 3.99. The Morgan fingerprint density at radius 1 is 1.58 bits per heavy atom. The molecule has 0 bridgehead atoms. The SMILES string of the molecule is CC1CC(C(=O)NC(C)C2CCOC2)(C(N)=NO)C1. The lowest BCUT2D eigenvalue weighted by Gasteiger charge is -2.44. The van der Waals surface area contributed by atoms with Crippen LogP contribution in [0, 0.1) is 17.3 Å². The molecule has 108 valence electrons. The Balaban J connectivity index is 2.00. The molecule has 19 heavy (non-hydrogen) atoms. The number of hydrogen-bond acceptors (Lipinski definition) is 4. The molecule has 0 aromatic rings. The minimum atomic E-state index is -0.818. The summed E-state index contributed by atoms with van der Waals surface area (Å²) in [5.74, 6) is 0.681. The highest BCUT2D eigenvalue weighted by Gasteiger charge is 2.52. The van der Waals surface area contributed by atoms with Gasteiger partial charge in [0.05, 0.1) is 6.61 Å². The average molecular weight is 269 g/mol. The molecule has 2 aliphatic rings. The highest BCUT2D eigenvalue weighted by Crippen LogP contribution is 2.46. The molecule has 1 aliphatic carbocycles. The van der Waals surface area contributed by atoms with Gasteiger partial charge < -0.3 is 21.0 Å². The van der Waals surface area contributed by atoms with Gasteiger partial charge in [0.1, 0.15) is 5.41 Å². The Morgan fingerprint density at radius 3 is 2.74 bits per heavy atom. The van der Waals surface area contributed by atoms with Crippen molar-refractivity contribution < 1.29 is 14.7 Å². The molecular weight excluding hydrogens is 246 g/mol. The molecule has 6 heteroatoms. The van der Waals surface area contributed by atoms with Gasteiger partial charge >= 0.3 is 0 Å². The van der Waals surface area contributed by atoms with Gasteiger partial charge in [-0.25, -0.2) is 0 Å². The molecule has 2 fully saturated rings. The summed E-state index contributed by atoms with van der Waals surface area (Å²) in [6, 6.07) is 0.0503. The summed E-state index contributed by atoms with van der Waals surface area (Å²) in [6.07, 6.45) is 2.25. The zero-order valence-electron chi connectivity index (χ0n) is 11.6. The highest BCUT2D eigenvalue weighted by atomic mass is 16.5. The van der Waals surface area contributed by atoms with Crippen LogP contribution in [-0.2, 0) is 9.53 Å². The number of carbonyl (C=O) groups is 1. The van der Waals surface area contributed by atoms with Gasteiger partial charge in [-0.15, -0.1) is 0 Å². The molecule has 6 nitrogen and oxygen atoms in total. The molecule has 0 aromatic heterocycles. The van der Waals surface area contributed by atoms with E-state index in [0.29, 0.717) is 31.3 Å². The third-order valence-electron chi connectivity index (χ3n) is 4.46. The van der Waals surface area contributed by atoms with Crippen LogP contribution in [0.4, 0.5) is 0 Å². The molecule has 2 rings (SSSR count). The molecule has 1 heterocycles. The van der Waals surface area contributed by atoms with E-state index < -0.39 is 5.41 Å². The molecule has 0 spiro atoms. The standard InChI is InChI=1S/C13H23N3O3/c1-8-5-13(6-8,11(14)16-18)12(17)15-9(2)10-3-4-19-7-10/h8-10,18H,3-7H2,1-2H3,(H2,14,16)(H,15,17). The summed E-state index contributed by atoms with van der Waals surface area (Å²) in [4.78, 5) is 12.4. The maximum Gasteiger partial charge on any atom is 0.234 e. The molecule has 0 aromatic carbocycles. The van der Waals surface area contributed by atoms with Crippen LogP contribution in [0.25, 0.3) is 0 Å². The Bertz CT molecular complexity index is 371. The number of oxime groups is 1. The van der Waals surface area contributed by atoms with Crippen molar-refractivity contribution in [3.63, 3.8) is 0 Å². The molecule has 2 unspecified atom stereocenters. The summed E-state index contributed by atoms with van der Waals surface area (Å²) >= 11 is 0. The van der Waals surface area contributed by atoms with Crippen molar-refractivity contribution in [2.24, 2.45) is 28.1 Å². The second-order valence-corrected chi connectivity index (χ2v) is 5.97. The molecule has 1 aliphatic heterocycles. The largest absolute Gasteiger partial charge is 0.409 e. The number of ether oxygens (including phenoxy) is 1. The number of nitrogens with two attached hydrogens (primary N) is 1. The quantitative estimate of drug-likeness (QED) is 0.303. The van der Waals surface area contributed by atoms with Crippen molar-refractivity contribution in [1.82, 2.24) is 5.32 Å². The first kappa shape index (κ1) is 14.1. The van der Waals surface area contributed by atoms with Crippen LogP contribution in [0.2, 0.25) is 0 Å². The van der Waals surface area contributed by atoms with E-state index in [9.17, 15) is 4.79 Å². The van der Waals surface area contributed by atoms with Crippen molar-refractivity contribution in [1.29, 1.82) is 0 Å². The van der Waals surface area contributed by atoms with Gasteiger partial charge in [-0.05, 0) is 32.1 Å². The van der Waals surface area contributed by atoms with Crippen LogP contribution in [-0.4, -0.2) is 36.2 Å². The van der Waals surface area contributed by atoms with Gasteiger partial charge in [0.2, 0.25) is 5.91 Å². The molecule has 1 saturated carbocycles. The van der Waals surface area contributed by atoms with Gasteiger partial charge in [-0.1, -0.05) is 12.1 Å². The van der Waals surface area contributed by atoms with Crippen molar-refractivity contribution in [3.05, 3.63) is 0 Å². The van der Waals surface area contributed by atoms with E-state index in [-0.39, 0.29) is 17.8 Å². The third-order valence-corrected chi connectivity index (χ3v) is 4.46. The maximum absolute atomic E-state index is 12.4. The predicted molar refractivity (Wildman–Crippen MR) is 70.8 cm³/mol. The second-order valence-electron chi connectivity index (χ2n) is 5.97. The van der Waals surface area contributed by atoms with E-state index in [2.05, 4.69) is 17.4 Å². The fourth-order valence-electron chi connectivity index (χ4n) is 3.15. The van der Waals surface area contributed by atoms with Gasteiger partial charge in [-0.2, -0.15) is 0 Å². The fraction of sp³-hybridized carbons (Fsp3) is 0.846. The first-order valence-corrected chi connectivity index (χ1v) is 6.86. The Hall–Kier alpha value is -1.30. The van der Waals surface area contributed by atoms with E-state index in [1.807, 2.05) is 6.92 Å². The number of hydrogen-bond donors (Lipinski definition) is 3. The van der Waals surface area contributed by atoms with Gasteiger partial charge in [0.25, 0.3) is 0 Å². The Labute approximate surface area is 113 Å². The van der Waals surface area contributed by atoms with Gasteiger partial charge in [-0.3, -0.25) is 4.79 Å². The summed E-state index contributed by atoms with van der Waals surface area (Å²) in [5.41, 5.74) is 4.90. The lowest BCUT2D eigenvalue weighted by Crippen LogP contribution is -2.58. The van der Waals surface area contributed by atoms with Crippen LogP contribution < -0.4 is 11.1 Å². The molecule has 0 radical (unpaired) electrons. The predicted octanol–water partition coefficient (Wildman–Crippen LogP) is 0.690. The summed E-state index contributed by atoms with van der Waals surface area (Å²) in [7, 11) is 0.